The van der Waals surface area contributed by atoms with Gasteiger partial charge in [-0.3, -0.25) is 0 Å². The van der Waals surface area contributed by atoms with Gasteiger partial charge in [0.05, 0.1) is 0 Å². The second-order valence-corrected chi connectivity index (χ2v) is 2.04. The van der Waals surface area contributed by atoms with Crippen LogP contribution in [0.15, 0.2) is 23.8 Å². The molecule has 0 aliphatic carbocycles. The maximum absolute atomic E-state index is 2.26. The van der Waals surface area contributed by atoms with Crippen LogP contribution >= 0.6 is 0 Å². The predicted octanol–water partition coefficient (Wildman–Crippen LogP) is 3.31. The Hall–Kier alpha value is -0.520. The van der Waals surface area contributed by atoms with Crippen LogP contribution in [0.4, 0.5) is 0 Å². The van der Waals surface area contributed by atoms with E-state index in [1.54, 1.807) is 0 Å². The summed E-state index contributed by atoms with van der Waals surface area (Å²) >= 11 is 0. The van der Waals surface area contributed by atoms with Crippen molar-refractivity contribution in [3.05, 3.63) is 23.8 Å². The van der Waals surface area contributed by atoms with Crippen LogP contribution in [0.5, 0.6) is 0 Å². The van der Waals surface area contributed by atoms with Crippen molar-refractivity contribution in [1.82, 2.24) is 0 Å². The average molecular weight is 124 g/mol. The highest BCUT2D eigenvalue weighted by Gasteiger charge is 1.82. The average Bonchev–Trinajstić information content (AvgIpc) is 1.88. The molecule has 0 aromatic heterocycles. The Kier molecular flexibility index (Phi) is 5.29. The van der Waals surface area contributed by atoms with E-state index in [2.05, 4.69) is 39.0 Å². The maximum Gasteiger partial charge on any atom is -0.0311 e. The van der Waals surface area contributed by atoms with Gasteiger partial charge in [-0.15, -0.1) is 0 Å². The predicted molar refractivity (Wildman–Crippen MR) is 43.5 cm³/mol. The zero-order chi connectivity index (χ0) is 7.11. The normalized spacial score (nSPS) is 13.0. The van der Waals surface area contributed by atoms with E-state index in [9.17, 15) is 0 Å². The van der Waals surface area contributed by atoms with Crippen LogP contribution in [0.25, 0.3) is 0 Å². The van der Waals surface area contributed by atoms with Crippen molar-refractivity contribution < 1.29 is 0 Å². The molecule has 0 rings (SSSR count). The minimum atomic E-state index is 1.15. The SMILES string of the molecule is C/C=C/C(=CCC)CC. The molecule has 0 fully saturated rings. The van der Waals surface area contributed by atoms with E-state index in [0.29, 0.717) is 0 Å². The molecule has 0 aliphatic heterocycles. The van der Waals surface area contributed by atoms with Crippen molar-refractivity contribution in [2.24, 2.45) is 0 Å². The van der Waals surface area contributed by atoms with Gasteiger partial charge in [-0.1, -0.05) is 37.6 Å². The monoisotopic (exact) mass is 124 g/mol. The van der Waals surface area contributed by atoms with Crippen LogP contribution in [0.1, 0.15) is 33.6 Å². The van der Waals surface area contributed by atoms with Gasteiger partial charge in [0.2, 0.25) is 0 Å². The van der Waals surface area contributed by atoms with Crippen molar-refractivity contribution in [3.63, 3.8) is 0 Å². The van der Waals surface area contributed by atoms with E-state index in [1.807, 2.05) is 0 Å². The standard InChI is InChI=1S/C9H16/c1-4-7-9(6-3)8-5-2/h4,7-8H,5-6H2,1-3H3/b7-4+,9-8?. The number of hydrogen-bond donors (Lipinski definition) is 0. The lowest BCUT2D eigenvalue weighted by molar-refractivity contribution is 1.10. The lowest BCUT2D eigenvalue weighted by Crippen LogP contribution is -1.72. The first-order chi connectivity index (χ1) is 4.35. The molecule has 52 valence electrons. The molecular formula is C9H16. The van der Waals surface area contributed by atoms with Crippen LogP contribution < -0.4 is 0 Å². The van der Waals surface area contributed by atoms with E-state index >= 15 is 0 Å². The molecule has 0 unspecified atom stereocenters. The van der Waals surface area contributed by atoms with Gasteiger partial charge in [-0.05, 0) is 19.8 Å². The Morgan fingerprint density at radius 1 is 1.33 bits per heavy atom. The van der Waals surface area contributed by atoms with Crippen molar-refractivity contribution in [2.45, 2.75) is 33.6 Å². The van der Waals surface area contributed by atoms with Crippen LogP contribution in [0.3, 0.4) is 0 Å². The van der Waals surface area contributed by atoms with Crippen LogP contribution in [-0.4, -0.2) is 0 Å². The largest absolute Gasteiger partial charge is 0.0874 e. The Morgan fingerprint density at radius 2 is 2.00 bits per heavy atom. The van der Waals surface area contributed by atoms with E-state index in [0.717, 1.165) is 12.8 Å². The van der Waals surface area contributed by atoms with Crippen molar-refractivity contribution in [1.29, 1.82) is 0 Å². The molecule has 0 N–H and O–H groups in total. The Bertz CT molecular complexity index is 107. The van der Waals surface area contributed by atoms with Crippen LogP contribution in [0, 0.1) is 0 Å². The van der Waals surface area contributed by atoms with Gasteiger partial charge in [-0.2, -0.15) is 0 Å². The summed E-state index contributed by atoms with van der Waals surface area (Å²) in [6, 6.07) is 0. The van der Waals surface area contributed by atoms with Crippen molar-refractivity contribution >= 4 is 0 Å². The number of hydrogen-bond acceptors (Lipinski definition) is 0. The van der Waals surface area contributed by atoms with Gasteiger partial charge in [-0.25, -0.2) is 0 Å². The molecule has 0 aliphatic rings. The third kappa shape index (κ3) is 4.01. The van der Waals surface area contributed by atoms with E-state index < -0.39 is 0 Å². The first kappa shape index (κ1) is 8.48. The van der Waals surface area contributed by atoms with Gasteiger partial charge < -0.3 is 0 Å². The molecule has 0 spiro atoms. The van der Waals surface area contributed by atoms with Crippen LogP contribution in [0.2, 0.25) is 0 Å². The molecular weight excluding hydrogens is 108 g/mol. The van der Waals surface area contributed by atoms with Crippen LogP contribution in [-0.2, 0) is 0 Å². The number of allylic oxidation sites excluding steroid dienone is 4. The molecule has 9 heavy (non-hydrogen) atoms. The molecule has 0 nitrogen and oxygen atoms in total. The molecule has 0 heterocycles. The van der Waals surface area contributed by atoms with E-state index in [4.69, 9.17) is 0 Å². The molecule has 0 saturated carbocycles. The Balaban J connectivity index is 3.81. The highest BCUT2D eigenvalue weighted by Crippen LogP contribution is 2.02. The summed E-state index contributed by atoms with van der Waals surface area (Å²) in [6.45, 7) is 6.40. The number of rotatable bonds is 3. The third-order valence-corrected chi connectivity index (χ3v) is 1.26. The Morgan fingerprint density at radius 3 is 2.33 bits per heavy atom. The summed E-state index contributed by atoms with van der Waals surface area (Å²) < 4.78 is 0. The molecule has 0 radical (unpaired) electrons. The molecule has 0 heteroatoms. The molecule has 0 aromatic rings. The fourth-order valence-electron chi connectivity index (χ4n) is 0.806. The van der Waals surface area contributed by atoms with Gasteiger partial charge in [0.1, 0.15) is 0 Å². The summed E-state index contributed by atoms with van der Waals surface area (Å²) in [7, 11) is 0. The topological polar surface area (TPSA) is 0 Å². The fraction of sp³-hybridized carbons (Fsp3) is 0.556. The van der Waals surface area contributed by atoms with Gasteiger partial charge in [0, 0.05) is 0 Å². The summed E-state index contributed by atoms with van der Waals surface area (Å²) in [5.41, 5.74) is 1.44. The smallest absolute Gasteiger partial charge is 0.0311 e. The first-order valence-corrected chi connectivity index (χ1v) is 3.66. The summed E-state index contributed by atoms with van der Waals surface area (Å²) in [6.07, 6.45) is 8.82. The van der Waals surface area contributed by atoms with Crippen molar-refractivity contribution in [2.75, 3.05) is 0 Å². The zero-order valence-corrected chi connectivity index (χ0v) is 6.65. The minimum absolute atomic E-state index is 1.15. The highest BCUT2D eigenvalue weighted by molar-refractivity contribution is 5.16. The van der Waals surface area contributed by atoms with E-state index in [-0.39, 0.29) is 0 Å². The minimum Gasteiger partial charge on any atom is -0.0874 e. The lowest BCUT2D eigenvalue weighted by Gasteiger charge is -1.92. The van der Waals surface area contributed by atoms with Gasteiger partial charge in [0.15, 0.2) is 0 Å². The molecule has 0 atom stereocenters. The summed E-state index contributed by atoms with van der Waals surface area (Å²) in [5, 5.41) is 0. The quantitative estimate of drug-likeness (QED) is 0.506. The second-order valence-electron chi connectivity index (χ2n) is 2.04. The summed E-state index contributed by atoms with van der Waals surface area (Å²) in [4.78, 5) is 0. The third-order valence-electron chi connectivity index (χ3n) is 1.26. The first-order valence-electron chi connectivity index (χ1n) is 3.66. The molecule has 0 bridgehead atoms. The van der Waals surface area contributed by atoms with Crippen molar-refractivity contribution in [3.8, 4) is 0 Å². The molecule has 0 amide bonds. The van der Waals surface area contributed by atoms with Gasteiger partial charge >= 0.3 is 0 Å². The molecule has 0 aromatic carbocycles. The second kappa shape index (κ2) is 5.61. The highest BCUT2D eigenvalue weighted by atomic mass is 13.9. The Labute approximate surface area is 58.3 Å². The summed E-state index contributed by atoms with van der Waals surface area (Å²) in [5.74, 6) is 0. The molecule has 0 saturated heterocycles. The van der Waals surface area contributed by atoms with E-state index in [1.165, 1.54) is 5.57 Å². The lowest BCUT2D eigenvalue weighted by atomic mass is 10.1. The maximum atomic E-state index is 2.26. The zero-order valence-electron chi connectivity index (χ0n) is 6.65. The fourth-order valence-corrected chi connectivity index (χ4v) is 0.806. The van der Waals surface area contributed by atoms with Gasteiger partial charge in [0.25, 0.3) is 0 Å².